The van der Waals surface area contributed by atoms with Gasteiger partial charge < -0.3 is 24.8 Å². The number of nitrogens with one attached hydrogen (secondary N) is 2. The van der Waals surface area contributed by atoms with Crippen molar-refractivity contribution in [3.63, 3.8) is 0 Å². The summed E-state index contributed by atoms with van der Waals surface area (Å²) in [5.41, 5.74) is 4.54. The number of allylic oxidation sites excluding steroid dienone is 1. The molecule has 2 heterocycles. The van der Waals surface area contributed by atoms with Crippen LogP contribution in [0.2, 0.25) is 0 Å². The van der Waals surface area contributed by atoms with E-state index in [1.807, 2.05) is 63.2 Å². The molecule has 3 aromatic carbocycles. The average Bonchev–Trinajstić information content (AvgIpc) is 3.40. The minimum absolute atomic E-state index is 0.325. The van der Waals surface area contributed by atoms with E-state index in [1.165, 1.54) is 0 Å². The van der Waals surface area contributed by atoms with Gasteiger partial charge in [0.2, 0.25) is 5.95 Å². The topological polar surface area (TPSA) is 112 Å². The van der Waals surface area contributed by atoms with Gasteiger partial charge in [-0.2, -0.15) is 4.68 Å². The Labute approximate surface area is 240 Å². The Balaban J connectivity index is 1.53. The van der Waals surface area contributed by atoms with Gasteiger partial charge in [0, 0.05) is 5.70 Å². The van der Waals surface area contributed by atoms with E-state index in [4.69, 9.17) is 14.2 Å². The van der Waals surface area contributed by atoms with Crippen LogP contribution in [-0.2, 0) is 11.4 Å². The summed E-state index contributed by atoms with van der Waals surface area (Å²) in [5, 5.41) is 18.3. The molecule has 1 atom stereocenters. The lowest BCUT2D eigenvalue weighted by molar-refractivity contribution is -0.113. The molecular weight excluding hydrogens is 576 g/mol. The number of halogens is 1. The lowest BCUT2D eigenvalue weighted by Gasteiger charge is -2.29. The summed E-state index contributed by atoms with van der Waals surface area (Å²) in [6, 6.07) is 18.5. The van der Waals surface area contributed by atoms with E-state index in [0.717, 1.165) is 16.7 Å². The fourth-order valence-electron chi connectivity index (χ4n) is 4.66. The van der Waals surface area contributed by atoms with Crippen LogP contribution in [0.25, 0.3) is 0 Å². The van der Waals surface area contributed by atoms with E-state index < -0.39 is 6.04 Å². The largest absolute Gasteiger partial charge is 0.495 e. The third-order valence-electron chi connectivity index (χ3n) is 6.43. The molecule has 0 spiro atoms. The van der Waals surface area contributed by atoms with Crippen molar-refractivity contribution in [3.8, 4) is 17.2 Å². The van der Waals surface area contributed by atoms with Gasteiger partial charge in [0.05, 0.1) is 29.4 Å². The van der Waals surface area contributed by atoms with E-state index in [2.05, 4.69) is 48.2 Å². The molecule has 1 aliphatic heterocycles. The predicted octanol–water partition coefficient (Wildman–Crippen LogP) is 5.66. The number of aryl methyl sites for hydroxylation is 1. The zero-order valence-electron chi connectivity index (χ0n) is 22.6. The number of nitrogens with zero attached hydrogens (tertiary/aromatic N) is 4. The Kier molecular flexibility index (Phi) is 8.01. The van der Waals surface area contributed by atoms with E-state index in [-0.39, 0.29) is 5.91 Å². The second-order valence-electron chi connectivity index (χ2n) is 9.21. The monoisotopic (exact) mass is 604 g/mol. The van der Waals surface area contributed by atoms with E-state index in [0.29, 0.717) is 57.8 Å². The Bertz CT molecular complexity index is 1580. The van der Waals surface area contributed by atoms with Crippen molar-refractivity contribution < 1.29 is 19.0 Å². The Morgan fingerprint density at radius 1 is 1.07 bits per heavy atom. The molecule has 0 radical (unpaired) electrons. The molecule has 1 unspecified atom stereocenters. The van der Waals surface area contributed by atoms with Crippen molar-refractivity contribution in [2.24, 2.45) is 0 Å². The van der Waals surface area contributed by atoms with Gasteiger partial charge in [-0.3, -0.25) is 4.79 Å². The minimum atomic E-state index is -0.651. The standard InChI is InChI=1S/C29H29BrN6O4/c1-5-39-24-15-20(14-21(30)27(24)40-16-19-10-8-9-17(2)13-19)26-25(18(3)31-29-33-34-35-36(26)29)28(37)32-22-11-6-7-12-23(22)38-4/h6-15,26H,5,16H2,1-4H3,(H,32,37)(H,31,33,35). The highest BCUT2D eigenvalue weighted by atomic mass is 79.9. The predicted molar refractivity (Wildman–Crippen MR) is 155 cm³/mol. The molecule has 0 saturated heterocycles. The molecule has 0 aliphatic carbocycles. The first-order valence-corrected chi connectivity index (χ1v) is 13.5. The molecule has 11 heteroatoms. The van der Waals surface area contributed by atoms with Gasteiger partial charge in [-0.05, 0) is 82.5 Å². The maximum Gasteiger partial charge on any atom is 0.255 e. The number of anilines is 2. The normalized spacial score (nSPS) is 14.3. The molecule has 40 heavy (non-hydrogen) atoms. The van der Waals surface area contributed by atoms with Crippen LogP contribution >= 0.6 is 15.9 Å². The Morgan fingerprint density at radius 2 is 1.90 bits per heavy atom. The summed E-state index contributed by atoms with van der Waals surface area (Å²) in [6.07, 6.45) is 0. The van der Waals surface area contributed by atoms with Gasteiger partial charge in [0.1, 0.15) is 18.4 Å². The quantitative estimate of drug-likeness (QED) is 0.252. The van der Waals surface area contributed by atoms with Crippen molar-refractivity contribution in [1.29, 1.82) is 0 Å². The van der Waals surface area contributed by atoms with Crippen molar-refractivity contribution >= 4 is 33.5 Å². The number of hydrogen-bond acceptors (Lipinski definition) is 8. The van der Waals surface area contributed by atoms with Crippen LogP contribution in [0, 0.1) is 6.92 Å². The third-order valence-corrected chi connectivity index (χ3v) is 7.02. The zero-order chi connectivity index (χ0) is 28.2. The van der Waals surface area contributed by atoms with Crippen LogP contribution in [0.4, 0.5) is 11.6 Å². The summed E-state index contributed by atoms with van der Waals surface area (Å²) in [6.45, 7) is 6.57. The van der Waals surface area contributed by atoms with Crippen LogP contribution in [0.15, 0.2) is 76.4 Å². The van der Waals surface area contributed by atoms with Crippen LogP contribution in [0.1, 0.15) is 36.6 Å². The molecule has 1 amide bonds. The lowest BCUT2D eigenvalue weighted by Crippen LogP contribution is -2.31. The Hall–Kier alpha value is -4.38. The van der Waals surface area contributed by atoms with Crippen LogP contribution in [-0.4, -0.2) is 39.8 Å². The third kappa shape index (κ3) is 5.50. The highest BCUT2D eigenvalue weighted by molar-refractivity contribution is 9.10. The number of methoxy groups -OCH3 is 1. The van der Waals surface area contributed by atoms with Gasteiger partial charge >= 0.3 is 0 Å². The van der Waals surface area contributed by atoms with E-state index in [1.54, 1.807) is 23.9 Å². The van der Waals surface area contributed by atoms with Crippen molar-refractivity contribution in [1.82, 2.24) is 20.2 Å². The number of fused-ring (bicyclic) bond motifs is 1. The summed E-state index contributed by atoms with van der Waals surface area (Å²) >= 11 is 3.68. The number of ether oxygens (including phenoxy) is 3. The first-order chi connectivity index (χ1) is 19.4. The number of hydrogen-bond donors (Lipinski definition) is 2. The van der Waals surface area contributed by atoms with Gasteiger partial charge in [-0.1, -0.05) is 47.1 Å². The summed E-state index contributed by atoms with van der Waals surface area (Å²) in [7, 11) is 1.56. The van der Waals surface area contributed by atoms with E-state index in [9.17, 15) is 4.79 Å². The molecule has 0 fully saturated rings. The first-order valence-electron chi connectivity index (χ1n) is 12.7. The van der Waals surface area contributed by atoms with Crippen LogP contribution in [0.3, 0.4) is 0 Å². The van der Waals surface area contributed by atoms with Gasteiger partial charge in [0.25, 0.3) is 5.91 Å². The molecule has 10 nitrogen and oxygen atoms in total. The average molecular weight is 605 g/mol. The summed E-state index contributed by atoms with van der Waals surface area (Å²) < 4.78 is 19.9. The number of para-hydroxylation sites is 2. The number of amides is 1. The highest BCUT2D eigenvalue weighted by Crippen LogP contribution is 2.43. The van der Waals surface area contributed by atoms with Crippen molar-refractivity contribution in [2.75, 3.05) is 24.4 Å². The SMILES string of the molecule is CCOc1cc(C2C(C(=O)Nc3ccccc3OC)=C(C)Nc3nnnn32)cc(Br)c1OCc1cccc(C)c1. The molecule has 206 valence electrons. The molecular formula is C29H29BrN6O4. The van der Waals surface area contributed by atoms with Gasteiger partial charge in [-0.25, -0.2) is 0 Å². The highest BCUT2D eigenvalue weighted by Gasteiger charge is 2.35. The fraction of sp³-hybridized carbons (Fsp3) is 0.241. The molecule has 2 N–H and O–H groups in total. The summed E-state index contributed by atoms with van der Waals surface area (Å²) in [4.78, 5) is 13.8. The van der Waals surface area contributed by atoms with Crippen LogP contribution in [0.5, 0.6) is 17.2 Å². The molecule has 4 aromatic rings. The molecule has 5 rings (SSSR count). The van der Waals surface area contributed by atoms with E-state index >= 15 is 0 Å². The number of rotatable bonds is 9. The number of tetrazole rings is 1. The number of carbonyl (C=O) groups excluding carboxylic acids is 1. The second-order valence-corrected chi connectivity index (χ2v) is 10.1. The second kappa shape index (κ2) is 11.8. The molecule has 0 saturated carbocycles. The van der Waals surface area contributed by atoms with Crippen LogP contribution < -0.4 is 24.8 Å². The zero-order valence-corrected chi connectivity index (χ0v) is 24.2. The van der Waals surface area contributed by atoms with Gasteiger partial charge in [-0.15, -0.1) is 0 Å². The van der Waals surface area contributed by atoms with Crippen molar-refractivity contribution in [3.05, 3.63) is 93.1 Å². The smallest absolute Gasteiger partial charge is 0.255 e. The lowest BCUT2D eigenvalue weighted by atomic mass is 9.94. The maximum atomic E-state index is 13.8. The fourth-order valence-corrected chi connectivity index (χ4v) is 5.23. The first kappa shape index (κ1) is 27.2. The van der Waals surface area contributed by atoms with Crippen molar-refractivity contribution in [2.45, 2.75) is 33.4 Å². The summed E-state index contributed by atoms with van der Waals surface area (Å²) in [5.74, 6) is 1.75. The number of benzene rings is 3. The molecule has 1 aliphatic rings. The maximum absolute atomic E-state index is 13.8. The van der Waals surface area contributed by atoms with Gasteiger partial charge in [0.15, 0.2) is 11.5 Å². The Morgan fingerprint density at radius 3 is 2.67 bits per heavy atom. The molecule has 0 bridgehead atoms. The minimum Gasteiger partial charge on any atom is -0.495 e. The number of aromatic nitrogens is 4. The molecule has 1 aromatic heterocycles. The number of carbonyl (C=O) groups is 1.